The number of aliphatic hydroxyl groups excluding tert-OH is 1. The number of anilines is 2. The second-order valence-electron chi connectivity index (χ2n) is 8.13. The van der Waals surface area contributed by atoms with Gasteiger partial charge in [-0.05, 0) is 53.6 Å². The van der Waals surface area contributed by atoms with Crippen molar-refractivity contribution in [2.75, 3.05) is 31.0 Å². The number of methoxy groups -OCH3 is 1. The summed E-state index contributed by atoms with van der Waals surface area (Å²) in [5, 5.41) is 10.8. The van der Waals surface area contributed by atoms with Gasteiger partial charge < -0.3 is 14.7 Å². The number of hydrogen-bond acceptors (Lipinski definition) is 5. The first kappa shape index (κ1) is 22.9. The number of amides is 1. The topological polar surface area (TPSA) is 70.1 Å². The molecule has 1 N–H and O–H groups in total. The SMILES string of the molecule is COc1ccc(N2C(=O)C(O)=C(C(=O)/C=C\c3ccccc3)C2c2ccc(N(C)C)cc2)cc1. The lowest BCUT2D eigenvalue weighted by Gasteiger charge is -2.27. The third-order valence-electron chi connectivity index (χ3n) is 5.78. The molecule has 1 atom stereocenters. The maximum Gasteiger partial charge on any atom is 0.294 e. The summed E-state index contributed by atoms with van der Waals surface area (Å²) in [5.74, 6) is -0.947. The molecule has 0 bridgehead atoms. The summed E-state index contributed by atoms with van der Waals surface area (Å²) in [6, 6.07) is 23.1. The molecule has 1 aliphatic rings. The van der Waals surface area contributed by atoms with Crippen molar-refractivity contribution in [2.24, 2.45) is 0 Å². The van der Waals surface area contributed by atoms with Crippen LogP contribution in [0.15, 0.2) is 96.3 Å². The van der Waals surface area contributed by atoms with Gasteiger partial charge in [-0.15, -0.1) is 0 Å². The summed E-state index contributed by atoms with van der Waals surface area (Å²) >= 11 is 0. The molecule has 1 unspecified atom stereocenters. The smallest absolute Gasteiger partial charge is 0.294 e. The highest BCUT2D eigenvalue weighted by atomic mass is 16.5. The Labute approximate surface area is 199 Å². The molecule has 1 amide bonds. The molecular weight excluding hydrogens is 428 g/mol. The summed E-state index contributed by atoms with van der Waals surface area (Å²) in [6.07, 6.45) is 3.07. The molecule has 6 nitrogen and oxygen atoms in total. The minimum absolute atomic E-state index is 0.0469. The zero-order valence-electron chi connectivity index (χ0n) is 19.3. The number of ketones is 1. The van der Waals surface area contributed by atoms with E-state index in [2.05, 4.69) is 0 Å². The lowest BCUT2D eigenvalue weighted by atomic mass is 9.95. The second kappa shape index (κ2) is 9.67. The maximum absolute atomic E-state index is 13.3. The average Bonchev–Trinajstić information content (AvgIpc) is 3.13. The molecule has 0 spiro atoms. The highest BCUT2D eigenvalue weighted by Gasteiger charge is 2.43. The van der Waals surface area contributed by atoms with Gasteiger partial charge in [0.05, 0.1) is 18.7 Å². The van der Waals surface area contributed by atoms with E-state index in [-0.39, 0.29) is 5.57 Å². The lowest BCUT2D eigenvalue weighted by molar-refractivity contribution is -0.117. The van der Waals surface area contributed by atoms with Gasteiger partial charge in [-0.1, -0.05) is 48.5 Å². The van der Waals surface area contributed by atoms with Crippen molar-refractivity contribution in [2.45, 2.75) is 6.04 Å². The van der Waals surface area contributed by atoms with Gasteiger partial charge in [0.25, 0.3) is 5.91 Å². The Bertz CT molecular complexity index is 1240. The van der Waals surface area contributed by atoms with Crippen molar-refractivity contribution < 1.29 is 19.4 Å². The third kappa shape index (κ3) is 4.43. The van der Waals surface area contributed by atoms with Gasteiger partial charge in [-0.2, -0.15) is 0 Å². The molecular formula is C28H26N2O4. The van der Waals surface area contributed by atoms with E-state index in [9.17, 15) is 14.7 Å². The first-order valence-corrected chi connectivity index (χ1v) is 10.9. The monoisotopic (exact) mass is 454 g/mol. The molecule has 0 aromatic heterocycles. The normalized spacial score (nSPS) is 15.8. The fourth-order valence-electron chi connectivity index (χ4n) is 3.96. The minimum atomic E-state index is -0.773. The number of ether oxygens (including phenoxy) is 1. The standard InChI is InChI=1S/C28H26N2O4/c1-29(2)21-12-10-20(11-13-21)26-25(24(31)18-9-19-7-5-4-6-8-19)27(32)28(33)30(26)22-14-16-23(34-3)17-15-22/h4-18,26,32H,1-3H3/b18-9-. The van der Waals surface area contributed by atoms with Gasteiger partial charge in [-0.3, -0.25) is 14.5 Å². The zero-order chi connectivity index (χ0) is 24.2. The van der Waals surface area contributed by atoms with E-state index in [1.807, 2.05) is 73.6 Å². The van der Waals surface area contributed by atoms with Crippen LogP contribution in [0.4, 0.5) is 11.4 Å². The largest absolute Gasteiger partial charge is 0.503 e. The molecule has 1 aliphatic heterocycles. The van der Waals surface area contributed by atoms with Crippen molar-refractivity contribution in [3.05, 3.63) is 107 Å². The predicted octanol–water partition coefficient (Wildman–Crippen LogP) is 4.94. The quantitative estimate of drug-likeness (QED) is 0.512. The number of allylic oxidation sites excluding steroid dienone is 1. The van der Waals surface area contributed by atoms with Crippen LogP contribution in [-0.4, -0.2) is 38.0 Å². The Morgan fingerprint density at radius 2 is 1.62 bits per heavy atom. The van der Waals surface area contributed by atoms with Crippen LogP contribution in [0.2, 0.25) is 0 Å². The number of hydrogen-bond donors (Lipinski definition) is 1. The van der Waals surface area contributed by atoms with E-state index in [0.29, 0.717) is 11.4 Å². The highest BCUT2D eigenvalue weighted by Crippen LogP contribution is 2.41. The van der Waals surface area contributed by atoms with Crippen LogP contribution in [-0.2, 0) is 9.59 Å². The van der Waals surface area contributed by atoms with Crippen LogP contribution in [0.3, 0.4) is 0 Å². The molecule has 3 aromatic rings. The Morgan fingerprint density at radius 1 is 0.971 bits per heavy atom. The first-order chi connectivity index (χ1) is 16.4. The maximum atomic E-state index is 13.3. The van der Waals surface area contributed by atoms with Crippen LogP contribution < -0.4 is 14.5 Å². The number of nitrogens with zero attached hydrogens (tertiary/aromatic N) is 2. The van der Waals surface area contributed by atoms with Crippen LogP contribution >= 0.6 is 0 Å². The molecule has 172 valence electrons. The van der Waals surface area contributed by atoms with Crippen LogP contribution in [0.25, 0.3) is 6.08 Å². The molecule has 34 heavy (non-hydrogen) atoms. The summed E-state index contributed by atoms with van der Waals surface area (Å²) in [6.45, 7) is 0. The second-order valence-corrected chi connectivity index (χ2v) is 8.13. The van der Waals surface area contributed by atoms with Gasteiger partial charge in [0.2, 0.25) is 0 Å². The molecule has 0 radical (unpaired) electrons. The number of carbonyl (C=O) groups is 2. The molecule has 0 aliphatic carbocycles. The fraction of sp³-hybridized carbons (Fsp3) is 0.143. The van der Waals surface area contributed by atoms with Crippen LogP contribution in [0.1, 0.15) is 17.2 Å². The predicted molar refractivity (Wildman–Crippen MR) is 134 cm³/mol. The number of aliphatic hydroxyl groups is 1. The Kier molecular flexibility index (Phi) is 6.50. The van der Waals surface area contributed by atoms with Crippen LogP contribution in [0, 0.1) is 0 Å². The number of carbonyl (C=O) groups excluding carboxylic acids is 2. The summed E-state index contributed by atoms with van der Waals surface area (Å²) in [4.78, 5) is 29.9. The van der Waals surface area contributed by atoms with Gasteiger partial charge in [0, 0.05) is 25.5 Å². The number of rotatable bonds is 7. The molecule has 0 fully saturated rings. The van der Waals surface area contributed by atoms with Gasteiger partial charge in [0.1, 0.15) is 5.75 Å². The minimum Gasteiger partial charge on any atom is -0.503 e. The van der Waals surface area contributed by atoms with Crippen molar-refractivity contribution in [1.82, 2.24) is 0 Å². The molecule has 6 heteroatoms. The van der Waals surface area contributed by atoms with Crippen LogP contribution in [0.5, 0.6) is 5.75 Å². The van der Waals surface area contributed by atoms with E-state index in [1.165, 1.54) is 11.0 Å². The van der Waals surface area contributed by atoms with Gasteiger partial charge in [-0.25, -0.2) is 0 Å². The van der Waals surface area contributed by atoms with Gasteiger partial charge in [0.15, 0.2) is 11.5 Å². The summed E-state index contributed by atoms with van der Waals surface area (Å²) in [7, 11) is 5.44. The highest BCUT2D eigenvalue weighted by molar-refractivity contribution is 6.19. The van der Waals surface area contributed by atoms with Gasteiger partial charge >= 0.3 is 0 Å². The average molecular weight is 455 g/mol. The molecule has 4 rings (SSSR count). The Hall–Kier alpha value is -4.32. The van der Waals surface area contributed by atoms with E-state index < -0.39 is 23.5 Å². The molecule has 1 heterocycles. The summed E-state index contributed by atoms with van der Waals surface area (Å²) in [5.41, 5.74) is 3.14. The fourth-order valence-corrected chi connectivity index (χ4v) is 3.96. The van der Waals surface area contributed by atoms with Crippen molar-refractivity contribution in [1.29, 1.82) is 0 Å². The van der Waals surface area contributed by atoms with Crippen molar-refractivity contribution in [3.63, 3.8) is 0 Å². The van der Waals surface area contributed by atoms with Crippen molar-refractivity contribution in [3.8, 4) is 5.75 Å². The molecule has 3 aromatic carbocycles. The van der Waals surface area contributed by atoms with E-state index >= 15 is 0 Å². The Balaban J connectivity index is 1.77. The molecule has 0 saturated heterocycles. The lowest BCUT2D eigenvalue weighted by Crippen LogP contribution is -2.30. The third-order valence-corrected chi connectivity index (χ3v) is 5.78. The van der Waals surface area contributed by atoms with E-state index in [4.69, 9.17) is 4.74 Å². The number of benzene rings is 3. The summed E-state index contributed by atoms with van der Waals surface area (Å²) < 4.78 is 5.23. The first-order valence-electron chi connectivity index (χ1n) is 10.9. The van der Waals surface area contributed by atoms with E-state index in [0.717, 1.165) is 16.8 Å². The Morgan fingerprint density at radius 3 is 2.21 bits per heavy atom. The van der Waals surface area contributed by atoms with Crippen molar-refractivity contribution >= 4 is 29.1 Å². The van der Waals surface area contributed by atoms with E-state index in [1.54, 1.807) is 37.5 Å². The molecule has 0 saturated carbocycles. The zero-order valence-corrected chi connectivity index (χ0v) is 19.3.